The van der Waals surface area contributed by atoms with Crippen LogP contribution in [0.3, 0.4) is 0 Å². The molecule has 0 saturated heterocycles. The van der Waals surface area contributed by atoms with Crippen LogP contribution in [0.15, 0.2) is 42.5 Å². The molecule has 0 atom stereocenters. The lowest BCUT2D eigenvalue weighted by Crippen LogP contribution is -2.29. The van der Waals surface area contributed by atoms with Crippen molar-refractivity contribution in [1.29, 1.82) is 0 Å². The van der Waals surface area contributed by atoms with E-state index >= 15 is 0 Å². The van der Waals surface area contributed by atoms with E-state index in [1.54, 1.807) is 0 Å². The van der Waals surface area contributed by atoms with Gasteiger partial charge >= 0.3 is 0 Å². The maximum atomic E-state index is 9.03. The summed E-state index contributed by atoms with van der Waals surface area (Å²) < 4.78 is 0. The smallest absolute Gasteiger partial charge is 0.0558 e. The normalized spacial score (nSPS) is 10.7. The average Bonchev–Trinajstić information content (AvgIpc) is 2.40. The van der Waals surface area contributed by atoms with Gasteiger partial charge in [-0.05, 0) is 16.3 Å². The molecule has 0 unspecified atom stereocenters. The standard InChI is InChI=1S/C15H19NO2.ClH/c17-10-8-16(9-11-18)12-14-6-3-5-13-4-1-2-7-15(13)14;/h1-7,17-18H,8-12H2;1H. The van der Waals surface area contributed by atoms with Crippen LogP contribution >= 0.6 is 12.4 Å². The second kappa shape index (κ2) is 8.12. The molecule has 0 aliphatic rings. The van der Waals surface area contributed by atoms with Gasteiger partial charge in [-0.25, -0.2) is 0 Å². The van der Waals surface area contributed by atoms with E-state index in [0.29, 0.717) is 13.1 Å². The minimum absolute atomic E-state index is 0. The van der Waals surface area contributed by atoms with Gasteiger partial charge in [0.2, 0.25) is 0 Å². The van der Waals surface area contributed by atoms with Crippen LogP contribution in [0.5, 0.6) is 0 Å². The van der Waals surface area contributed by atoms with Crippen molar-refractivity contribution in [1.82, 2.24) is 4.90 Å². The molecule has 0 aliphatic heterocycles. The molecule has 2 aromatic carbocycles. The Balaban J connectivity index is 0.00000180. The van der Waals surface area contributed by atoms with E-state index in [2.05, 4.69) is 29.2 Å². The minimum Gasteiger partial charge on any atom is -0.395 e. The molecule has 0 heterocycles. The summed E-state index contributed by atoms with van der Waals surface area (Å²) in [5.74, 6) is 0. The molecule has 2 aromatic rings. The minimum atomic E-state index is 0. The van der Waals surface area contributed by atoms with Gasteiger partial charge in [-0.1, -0.05) is 42.5 Å². The molecule has 0 radical (unpaired) electrons. The van der Waals surface area contributed by atoms with Gasteiger partial charge in [0.15, 0.2) is 0 Å². The van der Waals surface area contributed by atoms with E-state index in [4.69, 9.17) is 10.2 Å². The van der Waals surface area contributed by atoms with Crippen molar-refractivity contribution in [3.8, 4) is 0 Å². The second-order valence-electron chi connectivity index (χ2n) is 4.36. The zero-order valence-corrected chi connectivity index (χ0v) is 11.6. The molecule has 19 heavy (non-hydrogen) atoms. The third-order valence-electron chi connectivity index (χ3n) is 3.11. The van der Waals surface area contributed by atoms with Crippen LogP contribution in [0.1, 0.15) is 5.56 Å². The summed E-state index contributed by atoms with van der Waals surface area (Å²) in [5.41, 5.74) is 1.23. The molecule has 0 aromatic heterocycles. The average molecular weight is 282 g/mol. The molecule has 0 bridgehead atoms. The van der Waals surface area contributed by atoms with Crippen LogP contribution in [0.2, 0.25) is 0 Å². The number of halogens is 1. The van der Waals surface area contributed by atoms with Crippen LogP contribution in [0.4, 0.5) is 0 Å². The number of nitrogens with zero attached hydrogens (tertiary/aromatic N) is 1. The van der Waals surface area contributed by atoms with Crippen LogP contribution in [0.25, 0.3) is 10.8 Å². The largest absolute Gasteiger partial charge is 0.395 e. The lowest BCUT2D eigenvalue weighted by Gasteiger charge is -2.21. The second-order valence-corrected chi connectivity index (χ2v) is 4.36. The Morgan fingerprint density at radius 3 is 2.16 bits per heavy atom. The van der Waals surface area contributed by atoms with Crippen molar-refractivity contribution in [3.05, 3.63) is 48.0 Å². The molecule has 0 aliphatic carbocycles. The third kappa shape index (κ3) is 4.18. The summed E-state index contributed by atoms with van der Waals surface area (Å²) >= 11 is 0. The molecule has 0 amide bonds. The molecule has 2 rings (SSSR count). The Labute approximate surface area is 119 Å². The Morgan fingerprint density at radius 2 is 1.47 bits per heavy atom. The van der Waals surface area contributed by atoms with E-state index in [0.717, 1.165) is 6.54 Å². The van der Waals surface area contributed by atoms with Gasteiger partial charge in [0.1, 0.15) is 0 Å². The number of hydrogen-bond acceptors (Lipinski definition) is 3. The maximum Gasteiger partial charge on any atom is 0.0558 e. The van der Waals surface area contributed by atoms with Gasteiger partial charge in [0.25, 0.3) is 0 Å². The van der Waals surface area contributed by atoms with Crippen molar-refractivity contribution >= 4 is 23.2 Å². The molecule has 2 N–H and O–H groups in total. The number of aliphatic hydroxyl groups is 2. The lowest BCUT2D eigenvalue weighted by molar-refractivity contribution is 0.156. The van der Waals surface area contributed by atoms with Crippen LogP contribution in [0, 0.1) is 0 Å². The third-order valence-corrected chi connectivity index (χ3v) is 3.11. The highest BCUT2D eigenvalue weighted by Crippen LogP contribution is 2.19. The SMILES string of the molecule is Cl.OCCN(CCO)Cc1cccc2ccccc12. The first kappa shape index (κ1) is 15.9. The molecular weight excluding hydrogens is 262 g/mol. The van der Waals surface area contributed by atoms with Gasteiger partial charge in [0.05, 0.1) is 13.2 Å². The molecular formula is C15H20ClNO2. The van der Waals surface area contributed by atoms with E-state index in [1.807, 2.05) is 18.2 Å². The van der Waals surface area contributed by atoms with E-state index in [9.17, 15) is 0 Å². The summed E-state index contributed by atoms with van der Waals surface area (Å²) in [4.78, 5) is 2.06. The van der Waals surface area contributed by atoms with Crippen molar-refractivity contribution < 1.29 is 10.2 Å². The van der Waals surface area contributed by atoms with E-state index < -0.39 is 0 Å². The fourth-order valence-electron chi connectivity index (χ4n) is 2.22. The summed E-state index contributed by atoms with van der Waals surface area (Å²) in [6.07, 6.45) is 0. The number of aliphatic hydroxyl groups excluding tert-OH is 2. The first-order valence-electron chi connectivity index (χ1n) is 6.26. The van der Waals surface area contributed by atoms with Crippen LogP contribution < -0.4 is 0 Å². The first-order chi connectivity index (χ1) is 8.85. The Kier molecular flexibility index (Phi) is 6.81. The Hall–Kier alpha value is -1.13. The molecule has 0 fully saturated rings. The molecule has 104 valence electrons. The highest BCUT2D eigenvalue weighted by atomic mass is 35.5. The number of benzene rings is 2. The predicted octanol–water partition coefficient (Wildman–Crippen LogP) is 2.05. The summed E-state index contributed by atoms with van der Waals surface area (Å²) in [6, 6.07) is 14.5. The topological polar surface area (TPSA) is 43.7 Å². The van der Waals surface area contributed by atoms with Crippen LogP contribution in [-0.2, 0) is 6.54 Å². The Morgan fingerprint density at radius 1 is 0.842 bits per heavy atom. The Bertz CT molecular complexity index is 493. The predicted molar refractivity (Wildman–Crippen MR) is 80.6 cm³/mol. The number of rotatable bonds is 6. The highest BCUT2D eigenvalue weighted by Gasteiger charge is 2.07. The highest BCUT2D eigenvalue weighted by molar-refractivity contribution is 5.85. The van der Waals surface area contributed by atoms with Gasteiger partial charge in [0, 0.05) is 19.6 Å². The van der Waals surface area contributed by atoms with Gasteiger partial charge in [-0.3, -0.25) is 4.90 Å². The number of fused-ring (bicyclic) bond motifs is 1. The monoisotopic (exact) mass is 281 g/mol. The summed E-state index contributed by atoms with van der Waals surface area (Å²) in [6.45, 7) is 2.16. The van der Waals surface area contributed by atoms with Gasteiger partial charge in [-0.2, -0.15) is 0 Å². The zero-order valence-electron chi connectivity index (χ0n) is 10.8. The van der Waals surface area contributed by atoms with Crippen LogP contribution in [-0.4, -0.2) is 41.4 Å². The first-order valence-corrected chi connectivity index (χ1v) is 6.26. The zero-order chi connectivity index (χ0) is 12.8. The van der Waals surface area contributed by atoms with E-state index in [-0.39, 0.29) is 25.6 Å². The van der Waals surface area contributed by atoms with Gasteiger partial charge in [-0.15, -0.1) is 12.4 Å². The maximum absolute atomic E-state index is 9.03. The van der Waals surface area contributed by atoms with Crippen molar-refractivity contribution in [2.45, 2.75) is 6.54 Å². The van der Waals surface area contributed by atoms with E-state index in [1.165, 1.54) is 16.3 Å². The van der Waals surface area contributed by atoms with Gasteiger partial charge < -0.3 is 10.2 Å². The van der Waals surface area contributed by atoms with Crippen molar-refractivity contribution in [2.75, 3.05) is 26.3 Å². The summed E-state index contributed by atoms with van der Waals surface area (Å²) in [7, 11) is 0. The molecule has 0 spiro atoms. The lowest BCUT2D eigenvalue weighted by atomic mass is 10.0. The quantitative estimate of drug-likeness (QED) is 0.852. The van der Waals surface area contributed by atoms with Crippen molar-refractivity contribution in [2.24, 2.45) is 0 Å². The fraction of sp³-hybridized carbons (Fsp3) is 0.333. The molecule has 0 saturated carbocycles. The van der Waals surface area contributed by atoms with Crippen molar-refractivity contribution in [3.63, 3.8) is 0 Å². The molecule has 4 heteroatoms. The fourth-order valence-corrected chi connectivity index (χ4v) is 2.22. The summed E-state index contributed by atoms with van der Waals surface area (Å²) in [5, 5.41) is 20.5. The number of hydrogen-bond donors (Lipinski definition) is 2. The molecule has 3 nitrogen and oxygen atoms in total.